The van der Waals surface area contributed by atoms with Crippen molar-refractivity contribution in [3.63, 3.8) is 0 Å². The number of aryl methyl sites for hydroxylation is 1. The van der Waals surface area contributed by atoms with Crippen LogP contribution in [0.3, 0.4) is 0 Å². The third-order valence-electron chi connectivity index (χ3n) is 3.84. The molecular formula is C15H24N2. The molecule has 0 spiro atoms. The summed E-state index contributed by atoms with van der Waals surface area (Å²) < 4.78 is 0. The van der Waals surface area contributed by atoms with Gasteiger partial charge in [-0.15, -0.1) is 0 Å². The molecule has 94 valence electrons. The van der Waals surface area contributed by atoms with Crippen molar-refractivity contribution in [2.75, 3.05) is 25.4 Å². The van der Waals surface area contributed by atoms with E-state index in [0.29, 0.717) is 0 Å². The van der Waals surface area contributed by atoms with E-state index in [1.165, 1.54) is 44.5 Å². The van der Waals surface area contributed by atoms with Crippen molar-refractivity contribution in [3.05, 3.63) is 29.8 Å². The zero-order valence-corrected chi connectivity index (χ0v) is 10.9. The summed E-state index contributed by atoms with van der Waals surface area (Å²) in [6.07, 6.45) is 5.14. The molecule has 1 atom stereocenters. The smallest absolute Gasteiger partial charge is 0.0316 e. The van der Waals surface area contributed by atoms with E-state index in [9.17, 15) is 0 Å². The highest BCUT2D eigenvalue weighted by Gasteiger charge is 2.19. The van der Waals surface area contributed by atoms with Gasteiger partial charge in [-0.25, -0.2) is 0 Å². The van der Waals surface area contributed by atoms with E-state index in [2.05, 4.69) is 24.0 Å². The van der Waals surface area contributed by atoms with Crippen molar-refractivity contribution in [2.24, 2.45) is 5.92 Å². The van der Waals surface area contributed by atoms with Gasteiger partial charge in [-0.2, -0.15) is 0 Å². The van der Waals surface area contributed by atoms with Crippen LogP contribution < -0.4 is 5.73 Å². The third kappa shape index (κ3) is 3.74. The van der Waals surface area contributed by atoms with Crippen molar-refractivity contribution < 1.29 is 0 Å². The van der Waals surface area contributed by atoms with Gasteiger partial charge >= 0.3 is 0 Å². The van der Waals surface area contributed by atoms with Crippen LogP contribution in [0.5, 0.6) is 0 Å². The fourth-order valence-corrected chi connectivity index (χ4v) is 2.70. The van der Waals surface area contributed by atoms with Crippen molar-refractivity contribution in [2.45, 2.75) is 32.6 Å². The highest BCUT2D eigenvalue weighted by Crippen LogP contribution is 2.19. The molecule has 1 fully saturated rings. The zero-order chi connectivity index (χ0) is 12.1. The monoisotopic (exact) mass is 232 g/mol. The number of nitrogens with zero attached hydrogens (tertiary/aromatic N) is 1. The molecule has 1 heterocycles. The maximum Gasteiger partial charge on any atom is 0.0316 e. The van der Waals surface area contributed by atoms with Gasteiger partial charge in [-0.05, 0) is 56.0 Å². The molecule has 0 saturated carbocycles. The maximum atomic E-state index is 5.78. The molecule has 2 nitrogen and oxygen atoms in total. The topological polar surface area (TPSA) is 29.3 Å². The summed E-state index contributed by atoms with van der Waals surface area (Å²) in [5.41, 5.74) is 8.03. The van der Waals surface area contributed by atoms with Crippen LogP contribution in [0, 0.1) is 5.92 Å². The quantitative estimate of drug-likeness (QED) is 0.791. The van der Waals surface area contributed by atoms with E-state index in [0.717, 1.165) is 18.0 Å². The number of nitrogens with two attached hydrogens (primary N) is 1. The van der Waals surface area contributed by atoms with E-state index in [1.54, 1.807) is 0 Å². The lowest BCUT2D eigenvalue weighted by Crippen LogP contribution is -2.22. The van der Waals surface area contributed by atoms with Crippen LogP contribution in [0.1, 0.15) is 31.7 Å². The SMILES string of the molecule is CCC1CCN(CCCc2cccc(N)c2)C1. The third-order valence-corrected chi connectivity index (χ3v) is 3.84. The van der Waals surface area contributed by atoms with Crippen LogP contribution in [-0.2, 0) is 6.42 Å². The molecule has 1 aromatic carbocycles. The fourth-order valence-electron chi connectivity index (χ4n) is 2.70. The summed E-state index contributed by atoms with van der Waals surface area (Å²) >= 11 is 0. The number of anilines is 1. The molecular weight excluding hydrogens is 208 g/mol. The highest BCUT2D eigenvalue weighted by atomic mass is 15.1. The first kappa shape index (κ1) is 12.4. The predicted molar refractivity (Wildman–Crippen MR) is 74.0 cm³/mol. The first-order valence-corrected chi connectivity index (χ1v) is 6.84. The second-order valence-electron chi connectivity index (χ2n) is 5.21. The Morgan fingerprint density at radius 2 is 2.29 bits per heavy atom. The summed E-state index contributed by atoms with van der Waals surface area (Å²) in [6.45, 7) is 6.16. The molecule has 0 bridgehead atoms. The molecule has 17 heavy (non-hydrogen) atoms. The normalized spacial score (nSPS) is 20.9. The highest BCUT2D eigenvalue weighted by molar-refractivity contribution is 5.40. The van der Waals surface area contributed by atoms with Gasteiger partial charge in [0.25, 0.3) is 0 Å². The molecule has 0 aliphatic carbocycles. The Labute approximate surface area is 105 Å². The predicted octanol–water partition coefficient (Wildman–Crippen LogP) is 2.93. The van der Waals surface area contributed by atoms with E-state index >= 15 is 0 Å². The molecule has 2 N–H and O–H groups in total. The minimum absolute atomic E-state index is 0.884. The average Bonchev–Trinajstić information content (AvgIpc) is 2.77. The fraction of sp³-hybridized carbons (Fsp3) is 0.600. The van der Waals surface area contributed by atoms with Crippen LogP contribution in [0.4, 0.5) is 5.69 Å². The Morgan fingerprint density at radius 3 is 3.00 bits per heavy atom. The van der Waals surface area contributed by atoms with Crippen LogP contribution in [0.25, 0.3) is 0 Å². The van der Waals surface area contributed by atoms with Gasteiger partial charge in [0.2, 0.25) is 0 Å². The Bertz CT molecular complexity index is 349. The molecule has 1 aliphatic rings. The number of hydrogen-bond acceptors (Lipinski definition) is 2. The average molecular weight is 232 g/mol. The number of nitrogen functional groups attached to an aromatic ring is 1. The molecule has 1 aromatic rings. The molecule has 0 aromatic heterocycles. The summed E-state index contributed by atoms with van der Waals surface area (Å²) in [6, 6.07) is 8.28. The van der Waals surface area contributed by atoms with Gasteiger partial charge in [-0.1, -0.05) is 25.5 Å². The minimum atomic E-state index is 0.884. The minimum Gasteiger partial charge on any atom is -0.399 e. The van der Waals surface area contributed by atoms with Crippen LogP contribution in [-0.4, -0.2) is 24.5 Å². The molecule has 1 unspecified atom stereocenters. The second-order valence-corrected chi connectivity index (χ2v) is 5.21. The van der Waals surface area contributed by atoms with Gasteiger partial charge in [0.05, 0.1) is 0 Å². The van der Waals surface area contributed by atoms with Crippen LogP contribution in [0.15, 0.2) is 24.3 Å². The maximum absolute atomic E-state index is 5.78. The number of rotatable bonds is 5. The Balaban J connectivity index is 1.70. The van der Waals surface area contributed by atoms with Gasteiger partial charge in [0, 0.05) is 12.2 Å². The van der Waals surface area contributed by atoms with Crippen molar-refractivity contribution in [3.8, 4) is 0 Å². The summed E-state index contributed by atoms with van der Waals surface area (Å²) in [5.74, 6) is 0.947. The summed E-state index contributed by atoms with van der Waals surface area (Å²) in [7, 11) is 0. The van der Waals surface area contributed by atoms with E-state index in [-0.39, 0.29) is 0 Å². The Morgan fingerprint density at radius 1 is 1.41 bits per heavy atom. The van der Waals surface area contributed by atoms with Gasteiger partial charge in [0.1, 0.15) is 0 Å². The number of benzene rings is 1. The lowest BCUT2D eigenvalue weighted by molar-refractivity contribution is 0.318. The molecule has 0 amide bonds. The first-order valence-electron chi connectivity index (χ1n) is 6.84. The molecule has 1 aliphatic heterocycles. The molecule has 1 saturated heterocycles. The van der Waals surface area contributed by atoms with E-state index < -0.39 is 0 Å². The summed E-state index contributed by atoms with van der Waals surface area (Å²) in [4.78, 5) is 2.61. The lowest BCUT2D eigenvalue weighted by Gasteiger charge is -2.15. The molecule has 2 rings (SSSR count). The van der Waals surface area contributed by atoms with Gasteiger partial charge < -0.3 is 10.6 Å². The van der Waals surface area contributed by atoms with Crippen LogP contribution in [0.2, 0.25) is 0 Å². The van der Waals surface area contributed by atoms with Crippen LogP contribution >= 0.6 is 0 Å². The van der Waals surface area contributed by atoms with E-state index in [4.69, 9.17) is 5.73 Å². The second kappa shape index (κ2) is 6.06. The lowest BCUT2D eigenvalue weighted by atomic mass is 10.1. The first-order chi connectivity index (χ1) is 8.28. The van der Waals surface area contributed by atoms with Crippen molar-refractivity contribution in [1.82, 2.24) is 4.90 Å². The standard InChI is InChI=1S/C15H24N2/c1-2-13-8-10-17(12-13)9-4-6-14-5-3-7-15(16)11-14/h3,5,7,11,13H,2,4,6,8-10,12,16H2,1H3. The number of likely N-dealkylation sites (tertiary alicyclic amines) is 1. The van der Waals surface area contributed by atoms with Crippen molar-refractivity contribution in [1.29, 1.82) is 0 Å². The Hall–Kier alpha value is -1.02. The zero-order valence-electron chi connectivity index (χ0n) is 10.9. The van der Waals surface area contributed by atoms with Gasteiger partial charge in [0.15, 0.2) is 0 Å². The van der Waals surface area contributed by atoms with E-state index in [1.807, 2.05) is 12.1 Å². The molecule has 0 radical (unpaired) electrons. The summed E-state index contributed by atoms with van der Waals surface area (Å²) in [5, 5.41) is 0. The Kier molecular flexibility index (Phi) is 4.43. The van der Waals surface area contributed by atoms with Gasteiger partial charge in [-0.3, -0.25) is 0 Å². The largest absolute Gasteiger partial charge is 0.399 e. The van der Waals surface area contributed by atoms with Crippen molar-refractivity contribution >= 4 is 5.69 Å². The number of hydrogen-bond donors (Lipinski definition) is 1. The molecule has 2 heteroatoms.